The van der Waals surface area contributed by atoms with Gasteiger partial charge in [-0.3, -0.25) is 14.1 Å². The van der Waals surface area contributed by atoms with E-state index in [9.17, 15) is 13.2 Å². The molecule has 1 amide bonds. The van der Waals surface area contributed by atoms with Gasteiger partial charge in [-0.05, 0) is 60.9 Å². The Kier molecular flexibility index (Phi) is 5.07. The molecule has 2 heterocycles. The molecule has 0 aliphatic carbocycles. The highest BCUT2D eigenvalue weighted by molar-refractivity contribution is 7.92. The molecule has 0 unspecified atom stereocenters. The van der Waals surface area contributed by atoms with E-state index in [2.05, 4.69) is 10.3 Å². The molecule has 0 saturated heterocycles. The molecule has 4 rings (SSSR count). The molecule has 1 aliphatic rings. The quantitative estimate of drug-likeness (QED) is 0.704. The van der Waals surface area contributed by atoms with Crippen LogP contribution in [0.4, 0.5) is 5.69 Å². The molecule has 0 saturated carbocycles. The van der Waals surface area contributed by atoms with Gasteiger partial charge in [-0.2, -0.15) is 0 Å². The zero-order valence-corrected chi connectivity index (χ0v) is 16.8. The largest absolute Gasteiger partial charge is 0.346 e. The summed E-state index contributed by atoms with van der Waals surface area (Å²) in [7, 11) is -3.74. The van der Waals surface area contributed by atoms with Gasteiger partial charge in [0.25, 0.3) is 15.9 Å². The second kappa shape index (κ2) is 7.67. The average Bonchev–Trinajstić information content (AvgIpc) is 3.19. The molecule has 1 N–H and O–H groups in total. The summed E-state index contributed by atoms with van der Waals surface area (Å²) in [5.41, 5.74) is 2.94. The van der Waals surface area contributed by atoms with Gasteiger partial charge in [0.15, 0.2) is 0 Å². The van der Waals surface area contributed by atoms with E-state index >= 15 is 0 Å². The van der Waals surface area contributed by atoms with E-state index in [1.165, 1.54) is 16.4 Å². The van der Waals surface area contributed by atoms with Crippen molar-refractivity contribution in [1.82, 2.24) is 10.3 Å². The van der Waals surface area contributed by atoms with Crippen LogP contribution in [0.15, 0.2) is 78.0 Å². The van der Waals surface area contributed by atoms with Crippen LogP contribution in [-0.4, -0.2) is 25.9 Å². The molecule has 3 aromatic rings. The van der Waals surface area contributed by atoms with Crippen molar-refractivity contribution in [3.8, 4) is 0 Å². The molecule has 6 nitrogen and oxygen atoms in total. The van der Waals surface area contributed by atoms with Gasteiger partial charge in [0.2, 0.25) is 0 Å². The summed E-state index contributed by atoms with van der Waals surface area (Å²) in [6, 6.07) is 17.1. The van der Waals surface area contributed by atoms with Crippen molar-refractivity contribution in [2.24, 2.45) is 0 Å². The summed E-state index contributed by atoms with van der Waals surface area (Å²) in [6.07, 6.45) is 4.01. The predicted molar refractivity (Wildman–Crippen MR) is 111 cm³/mol. The lowest BCUT2D eigenvalue weighted by Gasteiger charge is -2.20. The summed E-state index contributed by atoms with van der Waals surface area (Å²) in [6.45, 7) is 2.27. The van der Waals surface area contributed by atoms with Crippen molar-refractivity contribution in [1.29, 1.82) is 0 Å². The van der Waals surface area contributed by atoms with Crippen molar-refractivity contribution < 1.29 is 13.2 Å². The molecule has 1 aromatic heterocycles. The van der Waals surface area contributed by atoms with Crippen LogP contribution in [0.3, 0.4) is 0 Å². The molecule has 0 radical (unpaired) electrons. The number of pyridine rings is 1. The van der Waals surface area contributed by atoms with Crippen LogP contribution in [0, 0.1) is 0 Å². The lowest BCUT2D eigenvalue weighted by Crippen LogP contribution is -2.30. The van der Waals surface area contributed by atoms with E-state index in [0.29, 0.717) is 24.2 Å². The van der Waals surface area contributed by atoms with Crippen molar-refractivity contribution in [3.63, 3.8) is 0 Å². The van der Waals surface area contributed by atoms with Gasteiger partial charge in [-0.1, -0.05) is 24.3 Å². The van der Waals surface area contributed by atoms with Gasteiger partial charge in [-0.25, -0.2) is 8.42 Å². The number of aromatic nitrogens is 1. The monoisotopic (exact) mass is 407 g/mol. The third-order valence-corrected chi connectivity index (χ3v) is 6.89. The van der Waals surface area contributed by atoms with Gasteiger partial charge in [-0.15, -0.1) is 0 Å². The highest BCUT2D eigenvalue weighted by atomic mass is 32.2. The molecule has 0 fully saturated rings. The van der Waals surface area contributed by atoms with E-state index in [1.54, 1.807) is 24.5 Å². The Labute approximate surface area is 170 Å². The average molecular weight is 407 g/mol. The number of carbonyl (C=O) groups is 1. The molecule has 2 aromatic carbocycles. The fraction of sp³-hybridized carbons (Fsp3) is 0.182. The van der Waals surface area contributed by atoms with E-state index in [4.69, 9.17) is 0 Å². The van der Waals surface area contributed by atoms with Crippen LogP contribution >= 0.6 is 0 Å². The fourth-order valence-electron chi connectivity index (χ4n) is 3.50. The van der Waals surface area contributed by atoms with Crippen LogP contribution in [0.5, 0.6) is 0 Å². The van der Waals surface area contributed by atoms with Gasteiger partial charge in [0, 0.05) is 24.5 Å². The Morgan fingerprint density at radius 3 is 2.62 bits per heavy atom. The number of nitrogens with zero attached hydrogens (tertiary/aromatic N) is 2. The van der Waals surface area contributed by atoms with Gasteiger partial charge < -0.3 is 5.32 Å². The summed E-state index contributed by atoms with van der Waals surface area (Å²) < 4.78 is 27.8. The number of benzene rings is 2. The maximum atomic E-state index is 13.2. The standard InChI is InChI=1S/C22H21N3O3S/c1-16(17-9-12-23-13-10-17)24-22(26)19-6-4-7-20(15-19)29(27,28)25-14-11-18-5-2-3-8-21(18)25/h2-10,12-13,15-16H,11,14H2,1H3,(H,24,26)/t16-/m1/s1. The van der Waals surface area contributed by atoms with Crippen molar-refractivity contribution in [3.05, 3.63) is 89.7 Å². The minimum atomic E-state index is -3.74. The van der Waals surface area contributed by atoms with E-state index in [0.717, 1.165) is 11.1 Å². The van der Waals surface area contributed by atoms with Crippen LogP contribution in [0.25, 0.3) is 0 Å². The first kappa shape index (κ1) is 19.1. The number of rotatable bonds is 5. The summed E-state index contributed by atoms with van der Waals surface area (Å²) >= 11 is 0. The number of amides is 1. The van der Waals surface area contributed by atoms with Gasteiger partial charge >= 0.3 is 0 Å². The Balaban J connectivity index is 1.58. The number of carbonyl (C=O) groups excluding carboxylic acids is 1. The predicted octanol–water partition coefficient (Wildman–Crippen LogP) is 3.32. The van der Waals surface area contributed by atoms with Crippen LogP contribution in [0.2, 0.25) is 0 Å². The van der Waals surface area contributed by atoms with E-state index < -0.39 is 10.0 Å². The third-order valence-electron chi connectivity index (χ3n) is 5.08. The van der Waals surface area contributed by atoms with Gasteiger partial charge in [0.05, 0.1) is 16.6 Å². The summed E-state index contributed by atoms with van der Waals surface area (Å²) in [5, 5.41) is 2.90. The number of anilines is 1. The SMILES string of the molecule is C[C@@H](NC(=O)c1cccc(S(=O)(=O)N2CCc3ccccc32)c1)c1ccncc1. The Bertz CT molecular complexity index is 1150. The van der Waals surface area contributed by atoms with Crippen molar-refractivity contribution in [2.45, 2.75) is 24.3 Å². The topological polar surface area (TPSA) is 79.4 Å². The highest BCUT2D eigenvalue weighted by Gasteiger charge is 2.31. The molecule has 0 bridgehead atoms. The lowest BCUT2D eigenvalue weighted by atomic mass is 10.1. The highest BCUT2D eigenvalue weighted by Crippen LogP contribution is 2.32. The first-order chi connectivity index (χ1) is 14.0. The molecule has 7 heteroatoms. The number of para-hydroxylation sites is 1. The number of hydrogen-bond donors (Lipinski definition) is 1. The normalized spacial score (nSPS) is 14.3. The molecule has 148 valence electrons. The molecule has 1 atom stereocenters. The van der Waals surface area contributed by atoms with E-state index in [1.807, 2.05) is 43.3 Å². The molecular weight excluding hydrogens is 386 g/mol. The number of hydrogen-bond acceptors (Lipinski definition) is 4. The molecule has 1 aliphatic heterocycles. The number of nitrogens with one attached hydrogen (secondary N) is 1. The van der Waals surface area contributed by atoms with Crippen LogP contribution in [0.1, 0.15) is 34.5 Å². The molecule has 0 spiro atoms. The first-order valence-corrected chi connectivity index (χ1v) is 10.8. The minimum Gasteiger partial charge on any atom is -0.346 e. The zero-order valence-electron chi connectivity index (χ0n) is 15.9. The molecule has 29 heavy (non-hydrogen) atoms. The summed E-state index contributed by atoms with van der Waals surface area (Å²) in [4.78, 5) is 16.8. The van der Waals surface area contributed by atoms with Crippen LogP contribution in [-0.2, 0) is 16.4 Å². The maximum Gasteiger partial charge on any atom is 0.264 e. The Morgan fingerprint density at radius 1 is 1.07 bits per heavy atom. The van der Waals surface area contributed by atoms with Crippen molar-refractivity contribution >= 4 is 21.6 Å². The fourth-order valence-corrected chi connectivity index (χ4v) is 5.05. The van der Waals surface area contributed by atoms with Crippen LogP contribution < -0.4 is 9.62 Å². The maximum absolute atomic E-state index is 13.2. The zero-order chi connectivity index (χ0) is 20.4. The summed E-state index contributed by atoms with van der Waals surface area (Å²) in [5.74, 6) is -0.326. The first-order valence-electron chi connectivity index (χ1n) is 9.38. The third kappa shape index (κ3) is 3.73. The number of sulfonamides is 1. The lowest BCUT2D eigenvalue weighted by molar-refractivity contribution is 0.0939. The van der Waals surface area contributed by atoms with Crippen molar-refractivity contribution in [2.75, 3.05) is 10.8 Å². The Hall–Kier alpha value is -3.19. The minimum absolute atomic E-state index is 0.110. The second-order valence-corrected chi connectivity index (χ2v) is 8.82. The Morgan fingerprint density at radius 2 is 1.83 bits per heavy atom. The number of fused-ring (bicyclic) bond motifs is 1. The smallest absolute Gasteiger partial charge is 0.264 e. The van der Waals surface area contributed by atoms with E-state index in [-0.39, 0.29) is 16.8 Å². The van der Waals surface area contributed by atoms with Gasteiger partial charge in [0.1, 0.15) is 0 Å². The second-order valence-electron chi connectivity index (χ2n) is 6.96. The molecular formula is C22H21N3O3S.